The second-order valence-electron chi connectivity index (χ2n) is 5.06. The van der Waals surface area contributed by atoms with Crippen LogP contribution in [0.1, 0.15) is 20.3 Å². The van der Waals surface area contributed by atoms with Crippen molar-refractivity contribution in [1.82, 2.24) is 14.7 Å². The van der Waals surface area contributed by atoms with Gasteiger partial charge in [0, 0.05) is 33.1 Å². The van der Waals surface area contributed by atoms with Crippen LogP contribution in [-0.2, 0) is 14.4 Å². The van der Waals surface area contributed by atoms with Gasteiger partial charge in [-0.3, -0.25) is 19.3 Å². The number of piperazine rings is 1. The van der Waals surface area contributed by atoms with Gasteiger partial charge in [-0.05, 0) is 13.5 Å². The lowest BCUT2D eigenvalue weighted by Crippen LogP contribution is -2.53. The number of likely N-dealkylation sites (N-methyl/N-ethyl adjacent to an activating group) is 1. The molecule has 1 aliphatic heterocycles. The highest BCUT2D eigenvalue weighted by Crippen LogP contribution is 2.06. The van der Waals surface area contributed by atoms with Gasteiger partial charge >= 0.3 is 5.97 Å². The molecule has 1 N–H and O–H groups in total. The van der Waals surface area contributed by atoms with E-state index in [9.17, 15) is 14.4 Å². The summed E-state index contributed by atoms with van der Waals surface area (Å²) in [5.74, 6) is -0.981. The summed E-state index contributed by atoms with van der Waals surface area (Å²) in [6.45, 7) is 5.49. The van der Waals surface area contributed by atoms with Gasteiger partial charge in [-0.1, -0.05) is 6.92 Å². The molecule has 0 radical (unpaired) electrons. The van der Waals surface area contributed by atoms with Crippen LogP contribution in [0.5, 0.6) is 0 Å². The van der Waals surface area contributed by atoms with Crippen LogP contribution in [0.4, 0.5) is 0 Å². The monoisotopic (exact) mass is 285 g/mol. The molecule has 0 aromatic carbocycles. The zero-order valence-corrected chi connectivity index (χ0v) is 12.3. The molecular formula is C13H23N3O4. The summed E-state index contributed by atoms with van der Waals surface area (Å²) in [4.78, 5) is 39.3. The molecule has 20 heavy (non-hydrogen) atoms. The van der Waals surface area contributed by atoms with Crippen LogP contribution in [0, 0.1) is 0 Å². The molecule has 1 atom stereocenters. The predicted octanol–water partition coefficient (Wildman–Crippen LogP) is -0.528. The number of carboxylic acid groups (broad SMARTS) is 1. The molecule has 0 aromatic heterocycles. The third kappa shape index (κ3) is 4.19. The smallest absolute Gasteiger partial charge is 0.320 e. The number of nitrogens with zero attached hydrogens (tertiary/aromatic N) is 3. The Morgan fingerprint density at radius 3 is 2.05 bits per heavy atom. The van der Waals surface area contributed by atoms with Crippen LogP contribution in [0.25, 0.3) is 0 Å². The first-order valence-electron chi connectivity index (χ1n) is 6.83. The van der Waals surface area contributed by atoms with Crippen molar-refractivity contribution >= 4 is 17.8 Å². The Morgan fingerprint density at radius 2 is 1.65 bits per heavy atom. The number of carbonyl (C=O) groups excluding carboxylic acids is 2. The number of hydrogen-bond donors (Lipinski definition) is 1. The highest BCUT2D eigenvalue weighted by atomic mass is 16.4. The number of amides is 2. The molecule has 0 bridgehead atoms. The molecular weight excluding hydrogens is 262 g/mol. The molecule has 0 spiro atoms. The second kappa shape index (κ2) is 7.23. The average molecular weight is 285 g/mol. The lowest BCUT2D eigenvalue weighted by Gasteiger charge is -2.35. The van der Waals surface area contributed by atoms with Gasteiger partial charge in [0.25, 0.3) is 0 Å². The number of aliphatic carboxylic acids is 1. The summed E-state index contributed by atoms with van der Waals surface area (Å²) in [7, 11) is 1.64. The van der Waals surface area contributed by atoms with Crippen molar-refractivity contribution in [2.75, 3.05) is 39.8 Å². The van der Waals surface area contributed by atoms with E-state index in [1.54, 1.807) is 28.7 Å². The van der Waals surface area contributed by atoms with E-state index in [0.717, 1.165) is 0 Å². The molecule has 7 heteroatoms. The third-order valence-electron chi connectivity index (χ3n) is 3.67. The van der Waals surface area contributed by atoms with Gasteiger partial charge < -0.3 is 14.9 Å². The van der Waals surface area contributed by atoms with E-state index in [1.165, 1.54) is 6.92 Å². The molecule has 1 unspecified atom stereocenters. The topological polar surface area (TPSA) is 81.2 Å². The molecule has 0 saturated carbocycles. The highest BCUT2D eigenvalue weighted by Gasteiger charge is 2.26. The maximum atomic E-state index is 12.1. The number of rotatable bonds is 5. The highest BCUT2D eigenvalue weighted by molar-refractivity contribution is 5.80. The minimum absolute atomic E-state index is 0.0196. The largest absolute Gasteiger partial charge is 0.480 e. The Bertz CT molecular complexity index is 378. The minimum Gasteiger partial charge on any atom is -0.480 e. The van der Waals surface area contributed by atoms with Crippen LogP contribution in [0.2, 0.25) is 0 Å². The van der Waals surface area contributed by atoms with E-state index in [1.807, 2.05) is 0 Å². The van der Waals surface area contributed by atoms with Crippen LogP contribution < -0.4 is 0 Å². The number of carbonyl (C=O) groups is 3. The fourth-order valence-corrected chi connectivity index (χ4v) is 2.37. The molecule has 1 rings (SSSR count). The van der Waals surface area contributed by atoms with Crippen molar-refractivity contribution in [3.05, 3.63) is 0 Å². The molecule has 0 aliphatic carbocycles. The van der Waals surface area contributed by atoms with Gasteiger partial charge in [-0.15, -0.1) is 0 Å². The summed E-state index contributed by atoms with van der Waals surface area (Å²) in [6, 6.07) is -0.641. The van der Waals surface area contributed by atoms with E-state index < -0.39 is 12.0 Å². The lowest BCUT2D eigenvalue weighted by molar-refractivity contribution is -0.145. The van der Waals surface area contributed by atoms with Crippen LogP contribution >= 0.6 is 0 Å². The Morgan fingerprint density at radius 1 is 1.15 bits per heavy atom. The average Bonchev–Trinajstić information content (AvgIpc) is 2.39. The predicted molar refractivity (Wildman–Crippen MR) is 73.2 cm³/mol. The standard InChI is InChI=1S/C13H23N3O4/c1-4-11(13(19)20)14(3)9-12(18)16-7-5-15(6-8-16)10(2)17/h11H,4-9H2,1-3H3,(H,19,20). The Balaban J connectivity index is 2.48. The van der Waals surface area contributed by atoms with Crippen molar-refractivity contribution in [2.45, 2.75) is 26.3 Å². The van der Waals surface area contributed by atoms with Crippen molar-refractivity contribution in [2.24, 2.45) is 0 Å². The number of carboxylic acids is 1. The van der Waals surface area contributed by atoms with E-state index in [0.29, 0.717) is 32.6 Å². The fourth-order valence-electron chi connectivity index (χ4n) is 2.37. The van der Waals surface area contributed by atoms with E-state index in [2.05, 4.69) is 0 Å². The van der Waals surface area contributed by atoms with Gasteiger partial charge in [0.1, 0.15) is 6.04 Å². The molecule has 0 aromatic rings. The zero-order chi connectivity index (χ0) is 15.3. The Kier molecular flexibility index (Phi) is 5.94. The summed E-state index contributed by atoms with van der Waals surface area (Å²) < 4.78 is 0. The third-order valence-corrected chi connectivity index (χ3v) is 3.67. The summed E-state index contributed by atoms with van der Waals surface area (Å²) in [5, 5.41) is 9.05. The Labute approximate surface area is 119 Å². The van der Waals surface area contributed by atoms with Gasteiger partial charge in [0.05, 0.1) is 6.54 Å². The van der Waals surface area contributed by atoms with E-state index >= 15 is 0 Å². The quantitative estimate of drug-likeness (QED) is 0.734. The van der Waals surface area contributed by atoms with Crippen molar-refractivity contribution in [3.8, 4) is 0 Å². The summed E-state index contributed by atoms with van der Waals surface area (Å²) in [6.07, 6.45) is 0.456. The molecule has 1 fully saturated rings. The van der Waals surface area contributed by atoms with Crippen LogP contribution in [0.15, 0.2) is 0 Å². The first-order valence-corrected chi connectivity index (χ1v) is 6.83. The Hall–Kier alpha value is -1.63. The minimum atomic E-state index is -0.913. The normalized spacial score (nSPS) is 17.2. The van der Waals surface area contributed by atoms with Gasteiger partial charge in [-0.25, -0.2) is 0 Å². The van der Waals surface area contributed by atoms with Crippen molar-refractivity contribution in [1.29, 1.82) is 0 Å². The maximum Gasteiger partial charge on any atom is 0.320 e. The van der Waals surface area contributed by atoms with Crippen molar-refractivity contribution in [3.63, 3.8) is 0 Å². The summed E-state index contributed by atoms with van der Waals surface area (Å²) >= 11 is 0. The molecule has 2 amide bonds. The second-order valence-corrected chi connectivity index (χ2v) is 5.06. The molecule has 1 heterocycles. The van der Waals surface area contributed by atoms with Crippen LogP contribution in [0.3, 0.4) is 0 Å². The summed E-state index contributed by atoms with van der Waals surface area (Å²) in [5.41, 5.74) is 0. The maximum absolute atomic E-state index is 12.1. The first-order chi connectivity index (χ1) is 9.36. The first kappa shape index (κ1) is 16.4. The molecule has 1 saturated heterocycles. The number of hydrogen-bond acceptors (Lipinski definition) is 4. The van der Waals surface area contributed by atoms with Gasteiger partial charge in [-0.2, -0.15) is 0 Å². The SMILES string of the molecule is CCC(C(=O)O)N(C)CC(=O)N1CCN(C(C)=O)CC1. The fraction of sp³-hybridized carbons (Fsp3) is 0.769. The van der Waals surface area contributed by atoms with E-state index in [-0.39, 0.29) is 18.4 Å². The van der Waals surface area contributed by atoms with Crippen molar-refractivity contribution < 1.29 is 19.5 Å². The van der Waals surface area contributed by atoms with Crippen LogP contribution in [-0.4, -0.2) is 83.4 Å². The van der Waals surface area contributed by atoms with Gasteiger partial charge in [0.15, 0.2) is 0 Å². The van der Waals surface area contributed by atoms with Gasteiger partial charge in [0.2, 0.25) is 11.8 Å². The molecule has 7 nitrogen and oxygen atoms in total. The zero-order valence-electron chi connectivity index (χ0n) is 12.3. The molecule has 1 aliphatic rings. The lowest BCUT2D eigenvalue weighted by atomic mass is 10.2. The van der Waals surface area contributed by atoms with E-state index in [4.69, 9.17) is 5.11 Å². The molecule has 114 valence electrons.